The van der Waals surface area contributed by atoms with Crippen LogP contribution in [0.1, 0.15) is 17.3 Å². The molecule has 4 N–H and O–H groups in total. The van der Waals surface area contributed by atoms with Gasteiger partial charge in [-0.2, -0.15) is 0 Å². The Labute approximate surface area is 177 Å². The second-order valence-corrected chi connectivity index (χ2v) is 8.19. The van der Waals surface area contributed by atoms with E-state index in [1.165, 1.54) is 38.3 Å². The number of methoxy groups -OCH3 is 1. The number of anilines is 1. The second-order valence-electron chi connectivity index (χ2n) is 6.51. The molecule has 0 aliphatic rings. The summed E-state index contributed by atoms with van der Waals surface area (Å²) in [6.07, 6.45) is -1.24. The van der Waals surface area contributed by atoms with Crippen molar-refractivity contribution in [3.8, 4) is 5.75 Å². The van der Waals surface area contributed by atoms with Crippen molar-refractivity contribution >= 4 is 38.5 Å². The summed E-state index contributed by atoms with van der Waals surface area (Å²) in [4.78, 5) is 38.0. The van der Waals surface area contributed by atoms with Crippen LogP contribution >= 0.6 is 0 Å². The molecule has 2 aromatic carbocycles. The van der Waals surface area contributed by atoms with E-state index in [9.17, 15) is 22.8 Å². The second kappa shape index (κ2) is 8.48. The summed E-state index contributed by atoms with van der Waals surface area (Å²) in [5.41, 5.74) is 4.73. The van der Waals surface area contributed by atoms with Crippen LogP contribution in [0.25, 0.3) is 10.9 Å². The Morgan fingerprint density at radius 1 is 1.13 bits per heavy atom. The van der Waals surface area contributed by atoms with Gasteiger partial charge in [0.2, 0.25) is 5.56 Å². The predicted molar refractivity (Wildman–Crippen MR) is 112 cm³/mol. The number of fused-ring (bicyclic) bond motifs is 1. The van der Waals surface area contributed by atoms with E-state index in [0.717, 1.165) is 6.07 Å². The maximum Gasteiger partial charge on any atom is 0.339 e. The number of pyridine rings is 1. The van der Waals surface area contributed by atoms with Gasteiger partial charge in [-0.3, -0.25) is 14.3 Å². The lowest BCUT2D eigenvalue weighted by Gasteiger charge is -2.13. The lowest BCUT2D eigenvalue weighted by Crippen LogP contribution is -2.30. The minimum atomic E-state index is -4.07. The van der Waals surface area contributed by atoms with Crippen molar-refractivity contribution < 1.29 is 27.5 Å². The topological polar surface area (TPSA) is 158 Å². The minimum Gasteiger partial charge on any atom is -0.495 e. The number of hydrogen-bond acceptors (Lipinski definition) is 7. The van der Waals surface area contributed by atoms with E-state index < -0.39 is 33.6 Å². The smallest absolute Gasteiger partial charge is 0.339 e. The van der Waals surface area contributed by atoms with E-state index in [0.29, 0.717) is 5.75 Å². The number of carbonyl (C=O) groups is 2. The highest BCUT2D eigenvalue weighted by atomic mass is 32.2. The standard InChI is InChI=1S/C20H19N3O7S/c1-11(19(21)25)30-20(26)14-10-18(24)22-15-8-7-12(9-13(14)15)31(27,28)23-16-5-3-4-6-17(16)29-2/h3-11,23H,1-2H3,(H2,21,25)(H,22,24). The SMILES string of the molecule is COc1ccccc1NS(=O)(=O)c1ccc2[nH]c(=O)cc(C(=O)OC(C)C(N)=O)c2c1. The molecule has 0 aliphatic heterocycles. The summed E-state index contributed by atoms with van der Waals surface area (Å²) in [6.45, 7) is 1.28. The van der Waals surface area contributed by atoms with Crippen molar-refractivity contribution in [1.29, 1.82) is 0 Å². The van der Waals surface area contributed by atoms with Crippen LogP contribution in [0.3, 0.4) is 0 Å². The van der Waals surface area contributed by atoms with Crippen molar-refractivity contribution in [2.45, 2.75) is 17.9 Å². The summed E-state index contributed by atoms with van der Waals surface area (Å²) < 4.78 is 38.4. The van der Waals surface area contributed by atoms with Gasteiger partial charge in [0.1, 0.15) is 5.75 Å². The van der Waals surface area contributed by atoms with E-state index in [1.54, 1.807) is 18.2 Å². The number of ether oxygens (including phenoxy) is 2. The molecule has 0 radical (unpaired) electrons. The molecule has 1 atom stereocenters. The Hall–Kier alpha value is -3.86. The van der Waals surface area contributed by atoms with Gasteiger partial charge in [0.25, 0.3) is 15.9 Å². The molecule has 0 spiro atoms. The predicted octanol–water partition coefficient (Wildman–Crippen LogP) is 1.37. The lowest BCUT2D eigenvalue weighted by atomic mass is 10.1. The Bertz CT molecular complexity index is 1330. The number of aromatic nitrogens is 1. The van der Waals surface area contributed by atoms with Crippen LogP contribution in [0.5, 0.6) is 5.75 Å². The van der Waals surface area contributed by atoms with Gasteiger partial charge in [-0.1, -0.05) is 12.1 Å². The zero-order valence-corrected chi connectivity index (χ0v) is 17.4. The molecule has 0 fully saturated rings. The molecule has 0 saturated heterocycles. The highest BCUT2D eigenvalue weighted by Crippen LogP contribution is 2.27. The number of rotatable bonds is 7. The molecule has 162 valence electrons. The number of benzene rings is 2. The molecule has 0 aliphatic carbocycles. The summed E-state index contributed by atoms with van der Waals surface area (Å²) in [7, 11) is -2.67. The highest BCUT2D eigenvalue weighted by molar-refractivity contribution is 7.92. The van der Waals surface area contributed by atoms with Gasteiger partial charge in [-0.05, 0) is 37.3 Å². The fourth-order valence-electron chi connectivity index (χ4n) is 2.78. The summed E-state index contributed by atoms with van der Waals surface area (Å²) in [6, 6.07) is 11.3. The normalized spacial score (nSPS) is 12.2. The first-order chi connectivity index (χ1) is 14.6. The first-order valence-electron chi connectivity index (χ1n) is 8.95. The molecule has 1 heterocycles. The van der Waals surface area contributed by atoms with Crippen molar-refractivity contribution in [3.05, 3.63) is 64.4 Å². The zero-order chi connectivity index (χ0) is 22.8. The van der Waals surface area contributed by atoms with E-state index in [2.05, 4.69) is 9.71 Å². The molecule has 3 rings (SSSR count). The van der Waals surface area contributed by atoms with Crippen LogP contribution in [0.15, 0.2) is 58.2 Å². The highest BCUT2D eigenvalue weighted by Gasteiger charge is 2.22. The number of sulfonamides is 1. The molecule has 0 saturated carbocycles. The maximum absolute atomic E-state index is 12.9. The van der Waals surface area contributed by atoms with E-state index in [1.807, 2.05) is 0 Å². The fraction of sp³-hybridized carbons (Fsp3) is 0.150. The van der Waals surface area contributed by atoms with Crippen molar-refractivity contribution in [1.82, 2.24) is 4.98 Å². The Morgan fingerprint density at radius 3 is 2.52 bits per heavy atom. The van der Waals surface area contributed by atoms with E-state index in [4.69, 9.17) is 15.2 Å². The fourth-order valence-corrected chi connectivity index (χ4v) is 3.88. The summed E-state index contributed by atoms with van der Waals surface area (Å²) >= 11 is 0. The van der Waals surface area contributed by atoms with Crippen molar-refractivity contribution in [2.24, 2.45) is 5.73 Å². The minimum absolute atomic E-state index is 0.115. The third-order valence-corrected chi connectivity index (χ3v) is 5.74. The molecular weight excluding hydrogens is 426 g/mol. The first kappa shape index (κ1) is 21.8. The monoisotopic (exact) mass is 445 g/mol. The van der Waals surface area contributed by atoms with E-state index in [-0.39, 0.29) is 27.0 Å². The quantitative estimate of drug-likeness (QED) is 0.463. The zero-order valence-electron chi connectivity index (χ0n) is 16.5. The number of esters is 1. The number of nitrogens with two attached hydrogens (primary N) is 1. The summed E-state index contributed by atoms with van der Waals surface area (Å²) in [5.74, 6) is -1.54. The van der Waals surface area contributed by atoms with Crippen LogP contribution < -0.4 is 20.8 Å². The molecule has 31 heavy (non-hydrogen) atoms. The van der Waals surface area contributed by atoms with Crippen LogP contribution in [0.4, 0.5) is 5.69 Å². The molecule has 1 aromatic heterocycles. The number of H-pyrrole nitrogens is 1. The maximum atomic E-state index is 12.9. The molecular formula is C20H19N3O7S. The number of primary amides is 1. The Morgan fingerprint density at radius 2 is 1.84 bits per heavy atom. The number of amides is 1. The number of carbonyl (C=O) groups excluding carboxylic acids is 2. The van der Waals surface area contributed by atoms with Gasteiger partial charge < -0.3 is 20.2 Å². The number of nitrogens with one attached hydrogen (secondary N) is 2. The largest absolute Gasteiger partial charge is 0.495 e. The van der Waals surface area contributed by atoms with Gasteiger partial charge >= 0.3 is 5.97 Å². The summed E-state index contributed by atoms with van der Waals surface area (Å²) in [5, 5.41) is 0.115. The lowest BCUT2D eigenvalue weighted by molar-refractivity contribution is -0.125. The Kier molecular flexibility index (Phi) is 5.97. The van der Waals surface area contributed by atoms with Gasteiger partial charge in [-0.25, -0.2) is 13.2 Å². The molecule has 1 unspecified atom stereocenters. The van der Waals surface area contributed by atoms with Gasteiger partial charge in [0, 0.05) is 17.0 Å². The first-order valence-corrected chi connectivity index (χ1v) is 10.4. The molecule has 0 bridgehead atoms. The average molecular weight is 445 g/mol. The van der Waals surface area contributed by atoms with Crippen LogP contribution in [0, 0.1) is 0 Å². The van der Waals surface area contributed by atoms with Crippen LogP contribution in [-0.2, 0) is 19.6 Å². The molecule has 3 aromatic rings. The number of para-hydroxylation sites is 2. The Balaban J connectivity index is 2.07. The van der Waals surface area contributed by atoms with Crippen LogP contribution in [0.2, 0.25) is 0 Å². The van der Waals surface area contributed by atoms with Crippen LogP contribution in [-0.4, -0.2) is 38.5 Å². The van der Waals surface area contributed by atoms with Gasteiger partial charge in [0.05, 0.1) is 23.3 Å². The molecule has 1 amide bonds. The number of aromatic amines is 1. The van der Waals surface area contributed by atoms with Crippen molar-refractivity contribution in [3.63, 3.8) is 0 Å². The number of hydrogen-bond donors (Lipinski definition) is 3. The third-order valence-electron chi connectivity index (χ3n) is 4.38. The van der Waals surface area contributed by atoms with Crippen molar-refractivity contribution in [2.75, 3.05) is 11.8 Å². The molecule has 10 nitrogen and oxygen atoms in total. The average Bonchev–Trinajstić information content (AvgIpc) is 2.72. The third kappa shape index (κ3) is 4.67. The van der Waals surface area contributed by atoms with Gasteiger partial charge in [-0.15, -0.1) is 0 Å². The van der Waals surface area contributed by atoms with E-state index >= 15 is 0 Å². The molecule has 11 heteroatoms. The van der Waals surface area contributed by atoms with Gasteiger partial charge in [0.15, 0.2) is 6.10 Å².